The van der Waals surface area contributed by atoms with Crippen LogP contribution in [0.5, 0.6) is 0 Å². The number of aromatic nitrogens is 2. The molecular formula is C29H35N5O2. The molecule has 3 aromatic rings. The van der Waals surface area contributed by atoms with Crippen LogP contribution in [-0.4, -0.2) is 78.8 Å². The Labute approximate surface area is 212 Å². The maximum Gasteiger partial charge on any atom is 0.197 e. The molecule has 3 aliphatic rings. The number of pyridine rings is 1. The van der Waals surface area contributed by atoms with E-state index in [1.54, 1.807) is 7.05 Å². The van der Waals surface area contributed by atoms with Gasteiger partial charge in [0.05, 0.1) is 18.8 Å². The normalized spacial score (nSPS) is 21.7. The van der Waals surface area contributed by atoms with Crippen LogP contribution in [0.25, 0.3) is 10.9 Å². The summed E-state index contributed by atoms with van der Waals surface area (Å²) in [7, 11) is 1.77. The summed E-state index contributed by atoms with van der Waals surface area (Å²) in [6.45, 7) is 12.4. The molecule has 2 aromatic heterocycles. The second-order valence-corrected chi connectivity index (χ2v) is 11.2. The van der Waals surface area contributed by atoms with E-state index >= 15 is 0 Å². The molecule has 2 fully saturated rings. The first-order valence-corrected chi connectivity index (χ1v) is 13.0. The van der Waals surface area contributed by atoms with Crippen LogP contribution < -0.4 is 4.90 Å². The molecule has 0 saturated carbocycles. The van der Waals surface area contributed by atoms with Crippen LogP contribution in [0.3, 0.4) is 0 Å². The minimum atomic E-state index is -0.341. The van der Waals surface area contributed by atoms with Crippen LogP contribution in [-0.2, 0) is 10.2 Å². The Morgan fingerprint density at radius 3 is 2.56 bits per heavy atom. The lowest BCUT2D eigenvalue weighted by Gasteiger charge is -2.48. The van der Waals surface area contributed by atoms with Gasteiger partial charge in [0, 0.05) is 78.8 Å². The van der Waals surface area contributed by atoms with Gasteiger partial charge in [-0.05, 0) is 43.0 Å². The molecule has 6 rings (SSSR count). The molecule has 0 amide bonds. The first-order valence-electron chi connectivity index (χ1n) is 13.0. The first kappa shape index (κ1) is 23.4. The molecule has 0 spiro atoms. The Kier molecular flexibility index (Phi) is 5.54. The smallest absolute Gasteiger partial charge is 0.197 e. The third kappa shape index (κ3) is 3.59. The lowest BCUT2D eigenvalue weighted by molar-refractivity contribution is -0.0249. The van der Waals surface area contributed by atoms with Gasteiger partial charge in [-0.2, -0.15) is 0 Å². The lowest BCUT2D eigenvalue weighted by atomic mass is 9.72. The molecule has 4 heterocycles. The third-order valence-corrected chi connectivity index (χ3v) is 8.70. The molecule has 2 aliphatic heterocycles. The number of aliphatic imine (C=N–C) groups is 1. The quantitative estimate of drug-likeness (QED) is 0.564. The van der Waals surface area contributed by atoms with E-state index in [9.17, 15) is 4.79 Å². The topological polar surface area (TPSA) is 73.8 Å². The highest BCUT2D eigenvalue weighted by Crippen LogP contribution is 2.44. The van der Waals surface area contributed by atoms with E-state index in [1.807, 2.05) is 24.5 Å². The number of aromatic amines is 1. The molecule has 1 N–H and O–H groups in total. The highest BCUT2D eigenvalue weighted by molar-refractivity contribution is 6.20. The summed E-state index contributed by atoms with van der Waals surface area (Å²) >= 11 is 0. The summed E-state index contributed by atoms with van der Waals surface area (Å²) in [4.78, 5) is 31.2. The van der Waals surface area contributed by atoms with Gasteiger partial charge in [0.2, 0.25) is 0 Å². The van der Waals surface area contributed by atoms with Crippen molar-refractivity contribution in [3.05, 3.63) is 58.4 Å². The summed E-state index contributed by atoms with van der Waals surface area (Å²) < 4.78 is 5.57. The Morgan fingerprint density at radius 2 is 1.83 bits per heavy atom. The van der Waals surface area contributed by atoms with Gasteiger partial charge in [0.25, 0.3) is 0 Å². The van der Waals surface area contributed by atoms with Crippen molar-refractivity contribution in [3.63, 3.8) is 0 Å². The average Bonchev–Trinajstić information content (AvgIpc) is 3.29. The third-order valence-electron chi connectivity index (χ3n) is 8.70. The maximum absolute atomic E-state index is 13.7. The summed E-state index contributed by atoms with van der Waals surface area (Å²) in [5.41, 5.74) is 5.38. The largest absolute Gasteiger partial charge is 0.379 e. The van der Waals surface area contributed by atoms with Crippen LogP contribution in [0.15, 0.2) is 35.5 Å². The number of ketones is 1. The van der Waals surface area contributed by atoms with Gasteiger partial charge in [-0.1, -0.05) is 26.0 Å². The highest BCUT2D eigenvalue weighted by Gasteiger charge is 2.41. The van der Waals surface area contributed by atoms with E-state index in [0.717, 1.165) is 91.3 Å². The number of hydrogen-bond acceptors (Lipinski definition) is 6. The number of morpholine rings is 1. The van der Waals surface area contributed by atoms with E-state index < -0.39 is 0 Å². The van der Waals surface area contributed by atoms with Gasteiger partial charge >= 0.3 is 0 Å². The Hall–Kier alpha value is -3.03. The summed E-state index contributed by atoms with van der Waals surface area (Å²) in [5.74, 6) is 1.03. The van der Waals surface area contributed by atoms with E-state index in [4.69, 9.17) is 9.72 Å². The van der Waals surface area contributed by atoms with Gasteiger partial charge in [-0.25, -0.2) is 4.98 Å². The summed E-state index contributed by atoms with van der Waals surface area (Å²) in [6.07, 6.45) is 5.84. The van der Waals surface area contributed by atoms with Crippen LogP contribution in [0.2, 0.25) is 0 Å². The number of rotatable bonds is 3. The van der Waals surface area contributed by atoms with Gasteiger partial charge in [-0.15, -0.1) is 0 Å². The molecule has 1 aliphatic carbocycles. The summed E-state index contributed by atoms with van der Waals surface area (Å²) in [5, 5.41) is 0.962. The monoisotopic (exact) mass is 485 g/mol. The molecule has 0 bridgehead atoms. The number of carbonyl (C=O) groups is 1. The first-order chi connectivity index (χ1) is 17.3. The van der Waals surface area contributed by atoms with Crippen molar-refractivity contribution >= 4 is 28.7 Å². The fourth-order valence-corrected chi connectivity index (χ4v) is 6.37. The second-order valence-electron chi connectivity index (χ2n) is 11.2. The fourth-order valence-electron chi connectivity index (χ4n) is 6.37. The van der Waals surface area contributed by atoms with E-state index in [1.165, 1.54) is 0 Å². The molecule has 0 radical (unpaired) electrons. The zero-order valence-electron chi connectivity index (χ0n) is 21.7. The zero-order chi connectivity index (χ0) is 25.1. The van der Waals surface area contributed by atoms with Crippen molar-refractivity contribution in [2.24, 2.45) is 4.99 Å². The van der Waals surface area contributed by atoms with Crippen molar-refractivity contribution < 1.29 is 9.53 Å². The van der Waals surface area contributed by atoms with E-state index in [2.05, 4.69) is 52.7 Å². The molecule has 0 atom stereocenters. The van der Waals surface area contributed by atoms with Crippen LogP contribution in [0.4, 0.5) is 5.82 Å². The van der Waals surface area contributed by atoms with Crippen LogP contribution in [0.1, 0.15) is 66.4 Å². The number of benzene rings is 1. The Morgan fingerprint density at radius 1 is 1.08 bits per heavy atom. The van der Waals surface area contributed by atoms with Crippen molar-refractivity contribution in [2.75, 3.05) is 51.3 Å². The number of carbonyl (C=O) groups excluding carboxylic acids is 1. The number of piperidine rings is 1. The molecule has 36 heavy (non-hydrogen) atoms. The van der Waals surface area contributed by atoms with E-state index in [0.29, 0.717) is 5.56 Å². The van der Waals surface area contributed by atoms with Gasteiger partial charge in [0.15, 0.2) is 5.78 Å². The number of nitrogens with zero attached hydrogens (tertiary/aromatic N) is 4. The average molecular weight is 486 g/mol. The molecule has 7 nitrogen and oxygen atoms in total. The van der Waals surface area contributed by atoms with Gasteiger partial charge in [0.1, 0.15) is 5.82 Å². The lowest BCUT2D eigenvalue weighted by Crippen LogP contribution is -2.56. The van der Waals surface area contributed by atoms with Crippen molar-refractivity contribution in [2.45, 2.75) is 44.6 Å². The van der Waals surface area contributed by atoms with Gasteiger partial charge in [-0.3, -0.25) is 14.7 Å². The zero-order valence-corrected chi connectivity index (χ0v) is 21.7. The number of nitrogens with one attached hydrogen (secondary N) is 1. The molecule has 7 heteroatoms. The second kappa shape index (κ2) is 8.53. The van der Waals surface area contributed by atoms with Crippen LogP contribution >= 0.6 is 0 Å². The predicted molar refractivity (Wildman–Crippen MR) is 144 cm³/mol. The van der Waals surface area contributed by atoms with Crippen molar-refractivity contribution in [1.82, 2.24) is 14.9 Å². The number of ether oxygens (including phenoxy) is 1. The number of H-pyrrole nitrogens is 1. The summed E-state index contributed by atoms with van der Waals surface area (Å²) in [6, 6.07) is 8.27. The van der Waals surface area contributed by atoms with Crippen molar-refractivity contribution in [3.8, 4) is 0 Å². The molecular weight excluding hydrogens is 450 g/mol. The minimum absolute atomic E-state index is 0.0556. The molecule has 2 saturated heterocycles. The Bertz CT molecular complexity index is 1360. The molecule has 1 aromatic carbocycles. The number of fused-ring (bicyclic) bond motifs is 4. The maximum atomic E-state index is 13.7. The van der Waals surface area contributed by atoms with Crippen molar-refractivity contribution in [1.29, 1.82) is 0 Å². The Balaban J connectivity index is 1.31. The number of hydrogen-bond donors (Lipinski definition) is 1. The SMILES string of the molecule is C/N=C\c1ccc2c3c([nH]c2c1)C(C)(C)c1cc(N2CCC(C)(N4CCOCC4)CC2)ncc1C3=O. The standard InChI is InChI=1S/C29H35N5O2/c1-28(2)22-16-24(33-9-7-29(3,8-10-33)34-11-13-36-14-12-34)31-18-21(22)26(35)25-20-6-5-19(17-30-4)15-23(20)32-27(25)28/h5-6,15-18,32H,7-14H2,1-4H3/b30-17-. The van der Waals surface area contributed by atoms with E-state index in [-0.39, 0.29) is 16.7 Å². The highest BCUT2D eigenvalue weighted by atomic mass is 16.5. The predicted octanol–water partition coefficient (Wildman–Crippen LogP) is 4.17. The fraction of sp³-hybridized carbons (Fsp3) is 0.483. The number of anilines is 1. The van der Waals surface area contributed by atoms with Crippen LogP contribution in [0, 0.1) is 0 Å². The minimum Gasteiger partial charge on any atom is -0.379 e. The molecule has 0 unspecified atom stereocenters. The van der Waals surface area contributed by atoms with Gasteiger partial charge < -0.3 is 14.6 Å². The molecule has 188 valence electrons.